The second-order valence-corrected chi connectivity index (χ2v) is 7.31. The van der Waals surface area contributed by atoms with Crippen LogP contribution in [-0.2, 0) is 0 Å². The molecule has 0 radical (unpaired) electrons. The van der Waals surface area contributed by atoms with Gasteiger partial charge < -0.3 is 4.74 Å². The summed E-state index contributed by atoms with van der Waals surface area (Å²) in [6.07, 6.45) is 0. The van der Waals surface area contributed by atoms with E-state index in [1.807, 2.05) is 31.2 Å². The van der Waals surface area contributed by atoms with Crippen LogP contribution in [0.5, 0.6) is 5.75 Å². The van der Waals surface area contributed by atoms with Crippen molar-refractivity contribution in [1.82, 2.24) is 4.98 Å². The van der Waals surface area contributed by atoms with Crippen molar-refractivity contribution in [2.24, 2.45) is 0 Å². The Morgan fingerprint density at radius 1 is 0.966 bits per heavy atom. The molecule has 0 aliphatic rings. The molecule has 0 fully saturated rings. The fraction of sp³-hybridized carbons (Fsp3) is 0.0870. The monoisotopic (exact) mass is 402 g/mol. The van der Waals surface area contributed by atoms with Crippen LogP contribution in [0, 0.1) is 0 Å². The Balaban J connectivity index is 1.61. The van der Waals surface area contributed by atoms with Crippen LogP contribution in [0.15, 0.2) is 72.8 Å². The molecule has 4 rings (SSSR count). The average Bonchev–Trinajstić information content (AvgIpc) is 3.15. The van der Waals surface area contributed by atoms with Crippen LogP contribution in [0.4, 0.5) is 5.13 Å². The smallest absolute Gasteiger partial charge is 0.258 e. The van der Waals surface area contributed by atoms with Crippen molar-refractivity contribution >= 4 is 38.4 Å². The second-order valence-electron chi connectivity index (χ2n) is 6.28. The van der Waals surface area contributed by atoms with E-state index in [9.17, 15) is 9.59 Å². The van der Waals surface area contributed by atoms with E-state index in [1.54, 1.807) is 48.5 Å². The van der Waals surface area contributed by atoms with Gasteiger partial charge >= 0.3 is 0 Å². The third-order valence-corrected chi connectivity index (χ3v) is 5.28. The number of fused-ring (bicyclic) bond motifs is 1. The molecule has 5 nitrogen and oxygen atoms in total. The molecule has 3 aromatic carbocycles. The molecule has 1 N–H and O–H groups in total. The van der Waals surface area contributed by atoms with Gasteiger partial charge in [0, 0.05) is 11.1 Å². The molecule has 0 aliphatic heterocycles. The third-order valence-electron chi connectivity index (χ3n) is 4.34. The van der Waals surface area contributed by atoms with Crippen molar-refractivity contribution in [2.75, 3.05) is 11.9 Å². The van der Waals surface area contributed by atoms with E-state index in [0.29, 0.717) is 28.4 Å². The van der Waals surface area contributed by atoms with Gasteiger partial charge in [-0.05, 0) is 31.2 Å². The minimum absolute atomic E-state index is 0.193. The standard InChI is InChI=1S/C23H18N2O3S/c1-2-28-16-12-13-19-20(14-16)29-23(24-19)25-22(27)18-11-7-6-10-17(18)21(26)15-8-4-3-5-9-15/h3-14H,2H2,1H3,(H,24,25,27). The van der Waals surface area contributed by atoms with Crippen LogP contribution < -0.4 is 10.1 Å². The number of benzene rings is 3. The van der Waals surface area contributed by atoms with Gasteiger partial charge in [0.05, 0.1) is 22.4 Å². The van der Waals surface area contributed by atoms with Gasteiger partial charge in [-0.3, -0.25) is 14.9 Å². The largest absolute Gasteiger partial charge is 0.494 e. The van der Waals surface area contributed by atoms with Crippen molar-refractivity contribution in [2.45, 2.75) is 6.92 Å². The molecule has 0 atom stereocenters. The zero-order valence-electron chi connectivity index (χ0n) is 15.7. The molecule has 0 saturated heterocycles. The number of thiazole rings is 1. The first-order valence-electron chi connectivity index (χ1n) is 9.19. The number of carbonyl (C=O) groups excluding carboxylic acids is 2. The minimum atomic E-state index is -0.367. The molecule has 0 bridgehead atoms. The normalized spacial score (nSPS) is 10.7. The number of hydrogen-bond acceptors (Lipinski definition) is 5. The third kappa shape index (κ3) is 4.02. The van der Waals surface area contributed by atoms with Crippen molar-refractivity contribution in [3.05, 3.63) is 89.5 Å². The van der Waals surface area contributed by atoms with E-state index < -0.39 is 0 Å². The Bertz CT molecular complexity index is 1190. The maximum Gasteiger partial charge on any atom is 0.258 e. The first-order valence-corrected chi connectivity index (χ1v) is 10.0. The molecule has 0 spiro atoms. The Labute approximate surface area is 172 Å². The summed E-state index contributed by atoms with van der Waals surface area (Å²) in [4.78, 5) is 30.2. The fourth-order valence-electron chi connectivity index (χ4n) is 3.00. The minimum Gasteiger partial charge on any atom is -0.494 e. The molecule has 0 unspecified atom stereocenters. The zero-order chi connectivity index (χ0) is 20.2. The zero-order valence-corrected chi connectivity index (χ0v) is 16.5. The molecule has 4 aromatic rings. The van der Waals surface area contributed by atoms with Gasteiger partial charge in [0.2, 0.25) is 0 Å². The maximum absolute atomic E-state index is 12.9. The highest BCUT2D eigenvalue weighted by molar-refractivity contribution is 7.22. The van der Waals surface area contributed by atoms with Crippen molar-refractivity contribution < 1.29 is 14.3 Å². The van der Waals surface area contributed by atoms with Crippen LogP contribution in [0.1, 0.15) is 33.2 Å². The Kier molecular flexibility index (Phi) is 5.35. The van der Waals surface area contributed by atoms with Gasteiger partial charge in [0.15, 0.2) is 10.9 Å². The molecule has 0 aliphatic carbocycles. The van der Waals surface area contributed by atoms with Crippen molar-refractivity contribution in [1.29, 1.82) is 0 Å². The highest BCUT2D eigenvalue weighted by Gasteiger charge is 2.19. The van der Waals surface area contributed by atoms with Crippen molar-refractivity contribution in [3.63, 3.8) is 0 Å². The summed E-state index contributed by atoms with van der Waals surface area (Å²) in [5, 5.41) is 3.29. The lowest BCUT2D eigenvalue weighted by molar-refractivity contribution is 0.0996. The van der Waals surface area contributed by atoms with E-state index in [-0.39, 0.29) is 11.7 Å². The molecular weight excluding hydrogens is 384 g/mol. The number of amides is 1. The number of rotatable bonds is 6. The molecular formula is C23H18N2O3S. The van der Waals surface area contributed by atoms with Crippen LogP contribution >= 0.6 is 11.3 Å². The number of ether oxygens (including phenoxy) is 1. The Morgan fingerprint density at radius 2 is 1.69 bits per heavy atom. The summed E-state index contributed by atoms with van der Waals surface area (Å²) in [6.45, 7) is 2.51. The molecule has 1 heterocycles. The predicted octanol–water partition coefficient (Wildman–Crippen LogP) is 5.18. The number of nitrogens with one attached hydrogen (secondary N) is 1. The number of aromatic nitrogens is 1. The molecule has 6 heteroatoms. The highest BCUT2D eigenvalue weighted by atomic mass is 32.1. The molecule has 0 saturated carbocycles. The number of hydrogen-bond donors (Lipinski definition) is 1. The predicted molar refractivity (Wildman–Crippen MR) is 115 cm³/mol. The van der Waals surface area contributed by atoms with E-state index in [4.69, 9.17) is 4.74 Å². The van der Waals surface area contributed by atoms with Crippen LogP contribution in [0.25, 0.3) is 10.2 Å². The van der Waals surface area contributed by atoms with Gasteiger partial charge in [-0.2, -0.15) is 0 Å². The van der Waals surface area contributed by atoms with Gasteiger partial charge in [0.25, 0.3) is 5.91 Å². The summed E-state index contributed by atoms with van der Waals surface area (Å²) in [5.41, 5.74) is 1.99. The van der Waals surface area contributed by atoms with Gasteiger partial charge in [-0.15, -0.1) is 0 Å². The van der Waals surface area contributed by atoms with Gasteiger partial charge in [-0.25, -0.2) is 4.98 Å². The van der Waals surface area contributed by atoms with Gasteiger partial charge in [-0.1, -0.05) is 59.9 Å². The number of nitrogens with zero attached hydrogens (tertiary/aromatic N) is 1. The number of ketones is 1. The lowest BCUT2D eigenvalue weighted by atomic mass is 9.98. The first-order chi connectivity index (χ1) is 14.2. The first kappa shape index (κ1) is 18.8. The van der Waals surface area contributed by atoms with Crippen LogP contribution in [0.2, 0.25) is 0 Å². The summed E-state index contributed by atoms with van der Waals surface area (Å²) in [6, 6.07) is 21.3. The Hall–Kier alpha value is -3.51. The summed E-state index contributed by atoms with van der Waals surface area (Å²) >= 11 is 1.36. The maximum atomic E-state index is 12.9. The number of carbonyl (C=O) groups is 2. The van der Waals surface area contributed by atoms with Gasteiger partial charge in [0.1, 0.15) is 5.75 Å². The lowest BCUT2D eigenvalue weighted by Crippen LogP contribution is -2.16. The van der Waals surface area contributed by atoms with E-state index in [0.717, 1.165) is 16.0 Å². The topological polar surface area (TPSA) is 68.3 Å². The quantitative estimate of drug-likeness (QED) is 0.451. The average molecular weight is 402 g/mol. The molecule has 29 heavy (non-hydrogen) atoms. The number of anilines is 1. The molecule has 1 aromatic heterocycles. The van der Waals surface area contributed by atoms with Crippen LogP contribution in [0.3, 0.4) is 0 Å². The second kappa shape index (κ2) is 8.24. The van der Waals surface area contributed by atoms with E-state index in [2.05, 4.69) is 10.3 Å². The van der Waals surface area contributed by atoms with E-state index >= 15 is 0 Å². The van der Waals surface area contributed by atoms with E-state index in [1.165, 1.54) is 11.3 Å². The Morgan fingerprint density at radius 3 is 2.45 bits per heavy atom. The molecule has 144 valence electrons. The summed E-state index contributed by atoms with van der Waals surface area (Å²) in [7, 11) is 0. The summed E-state index contributed by atoms with van der Waals surface area (Å²) in [5.74, 6) is 0.205. The highest BCUT2D eigenvalue weighted by Crippen LogP contribution is 2.29. The van der Waals surface area contributed by atoms with Crippen LogP contribution in [-0.4, -0.2) is 23.3 Å². The molecule has 1 amide bonds. The lowest BCUT2D eigenvalue weighted by Gasteiger charge is -2.08. The summed E-state index contributed by atoms with van der Waals surface area (Å²) < 4.78 is 6.43. The van der Waals surface area contributed by atoms with Crippen molar-refractivity contribution in [3.8, 4) is 5.75 Å². The SMILES string of the molecule is CCOc1ccc2nc(NC(=O)c3ccccc3C(=O)c3ccccc3)sc2c1. The fourth-order valence-corrected chi connectivity index (χ4v) is 3.89.